The number of fused-ring (bicyclic) bond motifs is 2. The Morgan fingerprint density at radius 1 is 1.23 bits per heavy atom. The molecule has 5 rings (SSSR count). The Bertz CT molecular complexity index is 855. The number of carbonyl (C=O) groups is 2. The summed E-state index contributed by atoms with van der Waals surface area (Å²) in [4.78, 5) is 27.5. The molecule has 0 aromatic heterocycles. The SMILES string of the molecule is CCOC(=O)N1[C@@H]2OC3=C(C(=O)CC(C)(C)C3)[C@H]3[C@@H]2c2ccccc2[C@H]31. The quantitative estimate of drug-likeness (QED) is 0.768. The van der Waals surface area contributed by atoms with Gasteiger partial charge in [-0.3, -0.25) is 9.69 Å². The van der Waals surface area contributed by atoms with Gasteiger partial charge in [0.15, 0.2) is 12.0 Å². The second-order valence-corrected chi connectivity index (χ2v) is 8.52. The number of rotatable bonds is 1. The fourth-order valence-corrected chi connectivity index (χ4v) is 5.44. The average molecular weight is 353 g/mol. The van der Waals surface area contributed by atoms with Crippen molar-refractivity contribution >= 4 is 11.9 Å². The van der Waals surface area contributed by atoms with Gasteiger partial charge < -0.3 is 9.47 Å². The summed E-state index contributed by atoms with van der Waals surface area (Å²) in [6, 6.07) is 8.02. The lowest BCUT2D eigenvalue weighted by Gasteiger charge is -2.40. The van der Waals surface area contributed by atoms with E-state index in [2.05, 4.69) is 26.0 Å². The minimum Gasteiger partial charge on any atom is -0.474 e. The van der Waals surface area contributed by atoms with Gasteiger partial charge in [-0.2, -0.15) is 0 Å². The Kier molecular flexibility index (Phi) is 3.13. The number of hydrogen-bond acceptors (Lipinski definition) is 4. The Balaban J connectivity index is 1.66. The number of likely N-dealkylation sites (tertiary alicyclic amines) is 1. The molecule has 0 spiro atoms. The van der Waals surface area contributed by atoms with E-state index >= 15 is 0 Å². The van der Waals surface area contributed by atoms with Crippen molar-refractivity contribution in [2.45, 2.75) is 51.8 Å². The average Bonchev–Trinajstić information content (AvgIpc) is 3.01. The number of benzene rings is 1. The first-order valence-corrected chi connectivity index (χ1v) is 9.40. The third-order valence-electron chi connectivity index (χ3n) is 6.24. The lowest BCUT2D eigenvalue weighted by Crippen LogP contribution is -2.44. The maximum absolute atomic E-state index is 13.0. The van der Waals surface area contributed by atoms with Gasteiger partial charge in [0.2, 0.25) is 0 Å². The molecule has 0 radical (unpaired) electrons. The molecule has 2 aliphatic carbocycles. The zero-order valence-electron chi connectivity index (χ0n) is 15.3. The van der Waals surface area contributed by atoms with Crippen molar-refractivity contribution < 1.29 is 19.1 Å². The first kappa shape index (κ1) is 15.9. The lowest BCUT2D eigenvalue weighted by atomic mass is 9.70. The molecule has 0 unspecified atom stereocenters. The summed E-state index contributed by atoms with van der Waals surface area (Å²) in [6.07, 6.45) is 0.550. The molecule has 1 amide bonds. The molecule has 5 nitrogen and oxygen atoms in total. The second-order valence-electron chi connectivity index (χ2n) is 8.52. The summed E-state index contributed by atoms with van der Waals surface area (Å²) in [7, 11) is 0. The molecule has 2 heterocycles. The normalized spacial score (nSPS) is 32.9. The van der Waals surface area contributed by atoms with E-state index in [1.54, 1.807) is 4.90 Å². The van der Waals surface area contributed by atoms with Gasteiger partial charge in [-0.1, -0.05) is 38.1 Å². The Morgan fingerprint density at radius 3 is 2.69 bits per heavy atom. The summed E-state index contributed by atoms with van der Waals surface area (Å²) in [6.45, 7) is 6.33. The van der Waals surface area contributed by atoms with Crippen LogP contribution in [0.1, 0.15) is 56.7 Å². The third-order valence-corrected chi connectivity index (χ3v) is 6.24. The van der Waals surface area contributed by atoms with E-state index in [0.29, 0.717) is 13.0 Å². The molecule has 1 aromatic carbocycles. The predicted molar refractivity (Wildman–Crippen MR) is 94.2 cm³/mol. The number of nitrogens with zero attached hydrogens (tertiary/aromatic N) is 1. The fraction of sp³-hybridized carbons (Fsp3) is 0.524. The van der Waals surface area contributed by atoms with Crippen LogP contribution in [0.4, 0.5) is 4.79 Å². The molecule has 1 fully saturated rings. The van der Waals surface area contributed by atoms with E-state index in [4.69, 9.17) is 9.47 Å². The molecule has 1 saturated heterocycles. The molecule has 4 aliphatic rings. The molecule has 136 valence electrons. The summed E-state index contributed by atoms with van der Waals surface area (Å²) in [5, 5.41) is 0. The lowest BCUT2D eigenvalue weighted by molar-refractivity contribution is -0.120. The van der Waals surface area contributed by atoms with Gasteiger partial charge in [0.25, 0.3) is 0 Å². The monoisotopic (exact) mass is 353 g/mol. The highest BCUT2D eigenvalue weighted by Gasteiger charge is 2.65. The predicted octanol–water partition coefficient (Wildman–Crippen LogP) is 3.91. The Labute approximate surface area is 153 Å². The topological polar surface area (TPSA) is 55.8 Å². The maximum atomic E-state index is 13.0. The van der Waals surface area contributed by atoms with Gasteiger partial charge in [0.1, 0.15) is 5.76 Å². The highest BCUT2D eigenvalue weighted by atomic mass is 16.6. The summed E-state index contributed by atoms with van der Waals surface area (Å²) in [5.41, 5.74) is 3.05. The van der Waals surface area contributed by atoms with Crippen molar-refractivity contribution in [1.29, 1.82) is 0 Å². The number of amides is 1. The van der Waals surface area contributed by atoms with Crippen LogP contribution in [0.15, 0.2) is 35.6 Å². The molecule has 26 heavy (non-hydrogen) atoms. The van der Waals surface area contributed by atoms with Crippen molar-refractivity contribution in [2.75, 3.05) is 6.61 Å². The first-order valence-electron chi connectivity index (χ1n) is 9.40. The van der Waals surface area contributed by atoms with Gasteiger partial charge >= 0.3 is 6.09 Å². The molecule has 4 bridgehead atoms. The van der Waals surface area contributed by atoms with Gasteiger partial charge in [0, 0.05) is 24.3 Å². The number of allylic oxidation sites excluding steroid dienone is 1. The highest BCUT2D eigenvalue weighted by Crippen LogP contribution is 2.65. The molecule has 5 heteroatoms. The van der Waals surface area contributed by atoms with E-state index in [-0.39, 0.29) is 41.4 Å². The largest absolute Gasteiger partial charge is 0.474 e. The Hall–Kier alpha value is -2.30. The molecule has 2 aliphatic heterocycles. The summed E-state index contributed by atoms with van der Waals surface area (Å²) in [5.74, 6) is 0.981. The van der Waals surface area contributed by atoms with Crippen LogP contribution in [0.5, 0.6) is 0 Å². The number of Topliss-reactive ketones (excluding diaryl/α,β-unsaturated/α-hetero) is 1. The van der Waals surface area contributed by atoms with Crippen LogP contribution in [0.25, 0.3) is 0 Å². The summed E-state index contributed by atoms with van der Waals surface area (Å²) >= 11 is 0. The van der Waals surface area contributed by atoms with Crippen LogP contribution in [0.2, 0.25) is 0 Å². The molecular weight excluding hydrogens is 330 g/mol. The van der Waals surface area contributed by atoms with E-state index in [1.165, 1.54) is 5.56 Å². The van der Waals surface area contributed by atoms with E-state index in [0.717, 1.165) is 23.3 Å². The van der Waals surface area contributed by atoms with E-state index in [9.17, 15) is 9.59 Å². The summed E-state index contributed by atoms with van der Waals surface area (Å²) < 4.78 is 11.7. The van der Waals surface area contributed by atoms with Crippen LogP contribution in [-0.2, 0) is 14.3 Å². The first-order chi connectivity index (χ1) is 12.4. The zero-order valence-corrected chi connectivity index (χ0v) is 15.3. The fourth-order valence-electron chi connectivity index (χ4n) is 5.44. The number of ketones is 1. The van der Waals surface area contributed by atoms with E-state index < -0.39 is 0 Å². The van der Waals surface area contributed by atoms with Crippen molar-refractivity contribution in [1.82, 2.24) is 4.90 Å². The van der Waals surface area contributed by atoms with Crippen molar-refractivity contribution in [3.8, 4) is 0 Å². The highest BCUT2D eigenvalue weighted by molar-refractivity contribution is 5.99. The molecular formula is C21H23NO4. The van der Waals surface area contributed by atoms with Crippen molar-refractivity contribution in [2.24, 2.45) is 11.3 Å². The van der Waals surface area contributed by atoms with Gasteiger partial charge in [-0.05, 0) is 23.5 Å². The zero-order chi connectivity index (χ0) is 18.2. The van der Waals surface area contributed by atoms with Gasteiger partial charge in [-0.15, -0.1) is 0 Å². The third kappa shape index (κ3) is 1.91. The van der Waals surface area contributed by atoms with Crippen LogP contribution >= 0.6 is 0 Å². The minimum absolute atomic E-state index is 0.00541. The number of hydrogen-bond donors (Lipinski definition) is 0. The minimum atomic E-state index is -0.376. The molecule has 4 atom stereocenters. The number of ether oxygens (including phenoxy) is 2. The smallest absolute Gasteiger partial charge is 0.413 e. The van der Waals surface area contributed by atoms with Crippen LogP contribution in [0.3, 0.4) is 0 Å². The Morgan fingerprint density at radius 2 is 1.96 bits per heavy atom. The van der Waals surface area contributed by atoms with E-state index in [1.807, 2.05) is 19.1 Å². The maximum Gasteiger partial charge on any atom is 0.413 e. The standard InChI is InChI=1S/C21H23NO4/c1-4-25-20(24)22-18-12-8-6-5-7-11(12)15-17(18)16-13(23)9-21(2,3)10-14(16)26-19(15)22/h5-8,15,17-19H,4,9-10H2,1-3H3/t15-,17+,18+,19+/m0/s1. The van der Waals surface area contributed by atoms with Crippen LogP contribution in [0, 0.1) is 11.3 Å². The van der Waals surface area contributed by atoms with Crippen LogP contribution in [-0.4, -0.2) is 29.6 Å². The second kappa shape index (κ2) is 5.12. The van der Waals surface area contributed by atoms with Crippen LogP contribution < -0.4 is 0 Å². The van der Waals surface area contributed by atoms with Crippen molar-refractivity contribution in [3.63, 3.8) is 0 Å². The molecule has 0 saturated carbocycles. The van der Waals surface area contributed by atoms with Gasteiger partial charge in [0.05, 0.1) is 18.6 Å². The van der Waals surface area contributed by atoms with Gasteiger partial charge in [-0.25, -0.2) is 4.79 Å². The van der Waals surface area contributed by atoms with Crippen molar-refractivity contribution in [3.05, 3.63) is 46.7 Å². The molecule has 0 N–H and O–H groups in total. The number of carbonyl (C=O) groups excluding carboxylic acids is 2. The molecule has 1 aromatic rings.